The third kappa shape index (κ3) is 3.33. The van der Waals surface area contributed by atoms with E-state index in [1.165, 1.54) is 24.3 Å². The number of nitrogens with zero attached hydrogens (tertiary/aromatic N) is 2. The summed E-state index contributed by atoms with van der Waals surface area (Å²) in [7, 11) is -4.03. The first-order valence-electron chi connectivity index (χ1n) is 7.59. The molecule has 1 fully saturated rings. The van der Waals surface area contributed by atoms with Crippen LogP contribution in [-0.2, 0) is 10.0 Å². The van der Waals surface area contributed by atoms with Gasteiger partial charge in [-0.3, -0.25) is 14.8 Å². The van der Waals surface area contributed by atoms with Gasteiger partial charge in [-0.05, 0) is 43.2 Å². The molecule has 0 aromatic heterocycles. The zero-order valence-electron chi connectivity index (χ0n) is 12.9. The zero-order valence-corrected chi connectivity index (χ0v) is 13.7. The molecule has 24 heavy (non-hydrogen) atoms. The lowest BCUT2D eigenvalue weighted by Gasteiger charge is -2.18. The second-order valence-corrected chi connectivity index (χ2v) is 7.22. The lowest BCUT2D eigenvalue weighted by atomic mass is 10.2. The quantitative estimate of drug-likeness (QED) is 0.663. The van der Waals surface area contributed by atoms with E-state index in [9.17, 15) is 18.5 Å². The maximum Gasteiger partial charge on any atom is 0.289 e. The van der Waals surface area contributed by atoms with Crippen molar-refractivity contribution < 1.29 is 13.3 Å². The van der Waals surface area contributed by atoms with Gasteiger partial charge in [-0.1, -0.05) is 12.1 Å². The molecular formula is C16H17N3O4S. The molecule has 0 amide bonds. The summed E-state index contributed by atoms with van der Waals surface area (Å²) in [5, 5.41) is 11.0. The number of benzene rings is 2. The van der Waals surface area contributed by atoms with E-state index in [1.54, 1.807) is 12.1 Å². The molecule has 2 aromatic carbocycles. The molecular weight excluding hydrogens is 330 g/mol. The van der Waals surface area contributed by atoms with Gasteiger partial charge in [0.1, 0.15) is 0 Å². The van der Waals surface area contributed by atoms with E-state index in [0.29, 0.717) is 5.69 Å². The zero-order chi connectivity index (χ0) is 17.2. The Labute approximate surface area is 140 Å². The highest BCUT2D eigenvalue weighted by atomic mass is 32.2. The first-order valence-corrected chi connectivity index (χ1v) is 9.07. The molecule has 0 atom stereocenters. The van der Waals surface area contributed by atoms with Crippen LogP contribution in [0.2, 0.25) is 0 Å². The van der Waals surface area contributed by atoms with Crippen molar-refractivity contribution in [2.24, 2.45) is 0 Å². The molecule has 1 heterocycles. The highest BCUT2D eigenvalue weighted by molar-refractivity contribution is 7.92. The summed E-state index contributed by atoms with van der Waals surface area (Å²) in [6, 6.07) is 12.3. The predicted molar refractivity (Wildman–Crippen MR) is 91.8 cm³/mol. The number of para-hydroxylation sites is 1. The topological polar surface area (TPSA) is 92.5 Å². The minimum atomic E-state index is -4.03. The summed E-state index contributed by atoms with van der Waals surface area (Å²) in [6.07, 6.45) is 2.32. The van der Waals surface area contributed by atoms with Crippen molar-refractivity contribution in [3.63, 3.8) is 0 Å². The second kappa shape index (κ2) is 6.48. The number of anilines is 2. The molecule has 0 spiro atoms. The van der Waals surface area contributed by atoms with Gasteiger partial charge in [0.25, 0.3) is 15.7 Å². The molecule has 0 bridgehead atoms. The van der Waals surface area contributed by atoms with Gasteiger partial charge in [0.15, 0.2) is 4.90 Å². The molecule has 1 aliphatic heterocycles. The molecule has 126 valence electrons. The number of hydrogen-bond donors (Lipinski definition) is 1. The molecule has 1 N–H and O–H groups in total. The molecule has 0 aliphatic carbocycles. The number of nitro groups is 1. The monoisotopic (exact) mass is 347 g/mol. The van der Waals surface area contributed by atoms with Gasteiger partial charge in [0, 0.05) is 30.5 Å². The van der Waals surface area contributed by atoms with E-state index >= 15 is 0 Å². The fourth-order valence-corrected chi connectivity index (χ4v) is 3.99. The molecule has 0 radical (unpaired) electrons. The third-order valence-electron chi connectivity index (χ3n) is 3.94. The largest absolute Gasteiger partial charge is 0.372 e. The van der Waals surface area contributed by atoms with Crippen molar-refractivity contribution >= 4 is 27.1 Å². The van der Waals surface area contributed by atoms with Crippen LogP contribution in [0.15, 0.2) is 53.4 Å². The van der Waals surface area contributed by atoms with Crippen molar-refractivity contribution in [1.82, 2.24) is 0 Å². The predicted octanol–water partition coefficient (Wildman–Crippen LogP) is 3.00. The molecule has 1 aliphatic rings. The minimum absolute atomic E-state index is 0.349. The maximum absolute atomic E-state index is 12.4. The molecule has 2 aromatic rings. The molecule has 7 nitrogen and oxygen atoms in total. The lowest BCUT2D eigenvalue weighted by Crippen LogP contribution is -2.18. The van der Waals surface area contributed by atoms with Gasteiger partial charge in [0.2, 0.25) is 0 Å². The Balaban J connectivity index is 1.83. The number of sulfonamides is 1. The number of rotatable bonds is 5. The maximum atomic E-state index is 12.4. The Bertz CT molecular complexity index is 844. The molecule has 8 heteroatoms. The summed E-state index contributed by atoms with van der Waals surface area (Å²) >= 11 is 0. The van der Waals surface area contributed by atoms with Gasteiger partial charge >= 0.3 is 0 Å². The van der Waals surface area contributed by atoms with Gasteiger partial charge in [-0.2, -0.15) is 0 Å². The van der Waals surface area contributed by atoms with Crippen molar-refractivity contribution in [2.75, 3.05) is 22.7 Å². The lowest BCUT2D eigenvalue weighted by molar-refractivity contribution is -0.387. The van der Waals surface area contributed by atoms with Crippen LogP contribution in [0.3, 0.4) is 0 Å². The first kappa shape index (κ1) is 16.3. The number of nitrogens with one attached hydrogen (secondary N) is 1. The van der Waals surface area contributed by atoms with Crippen molar-refractivity contribution in [3.05, 3.63) is 58.6 Å². The van der Waals surface area contributed by atoms with E-state index < -0.39 is 20.6 Å². The SMILES string of the molecule is O=[N+]([O-])c1ccccc1S(=O)(=O)Nc1ccc(N2CCCC2)cc1. The third-order valence-corrected chi connectivity index (χ3v) is 5.37. The molecule has 3 rings (SSSR count). The highest BCUT2D eigenvalue weighted by Gasteiger charge is 2.25. The van der Waals surface area contributed by atoms with E-state index in [2.05, 4.69) is 9.62 Å². The highest BCUT2D eigenvalue weighted by Crippen LogP contribution is 2.27. The second-order valence-electron chi connectivity index (χ2n) is 5.57. The number of nitro benzene ring substituents is 1. The van der Waals surface area contributed by atoms with Gasteiger partial charge in [-0.15, -0.1) is 0 Å². The van der Waals surface area contributed by atoms with Crippen LogP contribution in [0.25, 0.3) is 0 Å². The Morgan fingerprint density at radius 3 is 2.25 bits per heavy atom. The van der Waals surface area contributed by atoms with Gasteiger partial charge in [-0.25, -0.2) is 8.42 Å². The fraction of sp³-hybridized carbons (Fsp3) is 0.250. The fourth-order valence-electron chi connectivity index (χ4n) is 2.76. The summed E-state index contributed by atoms with van der Waals surface area (Å²) in [6.45, 7) is 2.00. The van der Waals surface area contributed by atoms with E-state index in [0.717, 1.165) is 31.6 Å². The van der Waals surface area contributed by atoms with Gasteiger partial charge in [0.05, 0.1) is 4.92 Å². The number of hydrogen-bond acceptors (Lipinski definition) is 5. The smallest absolute Gasteiger partial charge is 0.289 e. The van der Waals surface area contributed by atoms with Crippen LogP contribution in [0.5, 0.6) is 0 Å². The summed E-state index contributed by atoms with van der Waals surface area (Å²) in [5.74, 6) is 0. The molecule has 0 saturated carbocycles. The normalized spacial score (nSPS) is 14.6. The summed E-state index contributed by atoms with van der Waals surface area (Å²) < 4.78 is 27.3. The van der Waals surface area contributed by atoms with Crippen LogP contribution >= 0.6 is 0 Å². The average molecular weight is 347 g/mol. The van der Waals surface area contributed by atoms with Gasteiger partial charge < -0.3 is 4.90 Å². The Hall–Kier alpha value is -2.61. The van der Waals surface area contributed by atoms with Crippen molar-refractivity contribution in [2.45, 2.75) is 17.7 Å². The van der Waals surface area contributed by atoms with Crippen molar-refractivity contribution in [3.8, 4) is 0 Å². The van der Waals surface area contributed by atoms with Crippen LogP contribution in [-0.4, -0.2) is 26.4 Å². The Morgan fingerprint density at radius 1 is 1.00 bits per heavy atom. The Morgan fingerprint density at radius 2 is 1.62 bits per heavy atom. The first-order chi connectivity index (χ1) is 11.5. The minimum Gasteiger partial charge on any atom is -0.372 e. The summed E-state index contributed by atoms with van der Waals surface area (Å²) in [4.78, 5) is 12.2. The summed E-state index contributed by atoms with van der Waals surface area (Å²) in [5.41, 5.74) is 0.968. The molecule has 1 saturated heterocycles. The van der Waals surface area contributed by atoms with Crippen LogP contribution in [0, 0.1) is 10.1 Å². The van der Waals surface area contributed by atoms with Crippen LogP contribution in [0.4, 0.5) is 17.1 Å². The molecule has 0 unspecified atom stereocenters. The van der Waals surface area contributed by atoms with Crippen LogP contribution < -0.4 is 9.62 Å². The van der Waals surface area contributed by atoms with Crippen LogP contribution in [0.1, 0.15) is 12.8 Å². The van der Waals surface area contributed by atoms with Crippen molar-refractivity contribution in [1.29, 1.82) is 0 Å². The van der Waals surface area contributed by atoms with E-state index in [1.807, 2.05) is 12.1 Å². The average Bonchev–Trinajstić information content (AvgIpc) is 3.10. The van der Waals surface area contributed by atoms with E-state index in [-0.39, 0.29) is 4.90 Å². The Kier molecular flexibility index (Phi) is 4.39. The standard InChI is InChI=1S/C16H17N3O4S/c20-19(21)15-5-1-2-6-16(15)24(22,23)17-13-7-9-14(10-8-13)18-11-3-4-12-18/h1-2,5-10,17H,3-4,11-12H2. The van der Waals surface area contributed by atoms with E-state index in [4.69, 9.17) is 0 Å².